The van der Waals surface area contributed by atoms with E-state index in [4.69, 9.17) is 19.0 Å². The molecule has 0 fully saturated rings. The van der Waals surface area contributed by atoms with Crippen molar-refractivity contribution >= 4 is 15.1 Å². The van der Waals surface area contributed by atoms with Gasteiger partial charge in [0.1, 0.15) is 6.29 Å². The van der Waals surface area contributed by atoms with Crippen molar-refractivity contribution in [2.45, 2.75) is 39.3 Å². The molecule has 1 unspecified atom stereocenters. The summed E-state index contributed by atoms with van der Waals surface area (Å²) in [4.78, 5) is 10.5. The summed E-state index contributed by atoms with van der Waals surface area (Å²) in [7, 11) is -2.61. The third kappa shape index (κ3) is 5.71. The van der Waals surface area contributed by atoms with E-state index in [1.54, 1.807) is 0 Å². The van der Waals surface area contributed by atoms with Gasteiger partial charge in [0.25, 0.3) is 0 Å². The molecule has 0 aromatic heterocycles. The highest BCUT2D eigenvalue weighted by Crippen LogP contribution is 2.18. The number of carbonyl (C=O) groups is 1. The van der Waals surface area contributed by atoms with Crippen LogP contribution in [-0.2, 0) is 18.1 Å². The van der Waals surface area contributed by atoms with Crippen LogP contribution in [0.5, 0.6) is 0 Å². The van der Waals surface area contributed by atoms with Gasteiger partial charge < -0.3 is 23.8 Å². The average Bonchev–Trinajstić information content (AvgIpc) is 2.27. The van der Waals surface area contributed by atoms with Crippen LogP contribution in [-0.4, -0.2) is 41.0 Å². The maximum Gasteiger partial charge on any atom is 0.500 e. The minimum absolute atomic E-state index is 0.465. The molecule has 0 heterocycles. The Labute approximate surface area is 98.6 Å². The normalized spacial score (nSPS) is 13.8. The van der Waals surface area contributed by atoms with Crippen LogP contribution in [0, 0.1) is 0 Å². The Kier molecular flexibility index (Phi) is 8.68. The lowest BCUT2D eigenvalue weighted by atomic mass is 10.3. The van der Waals surface area contributed by atoms with E-state index in [-0.39, 0.29) is 0 Å². The molecular formula is C10H23NO4Si. The summed E-state index contributed by atoms with van der Waals surface area (Å²) >= 11 is 0. The quantitative estimate of drug-likeness (QED) is 0.461. The molecule has 0 bridgehead atoms. The zero-order valence-electron chi connectivity index (χ0n) is 10.4. The summed E-state index contributed by atoms with van der Waals surface area (Å²) in [5, 5.41) is 0. The summed E-state index contributed by atoms with van der Waals surface area (Å²) in [6.45, 7) is 7.34. The van der Waals surface area contributed by atoms with Crippen molar-refractivity contribution in [2.24, 2.45) is 5.73 Å². The Balaban J connectivity index is 4.39. The van der Waals surface area contributed by atoms with Crippen molar-refractivity contribution in [1.82, 2.24) is 0 Å². The lowest BCUT2D eigenvalue weighted by Gasteiger charge is -2.28. The predicted octanol–water partition coefficient (Wildman–Crippen LogP) is 0.951. The van der Waals surface area contributed by atoms with Gasteiger partial charge in [-0.3, -0.25) is 0 Å². The number of hydrogen-bond acceptors (Lipinski definition) is 5. The minimum Gasteiger partial charge on any atom is -0.374 e. The Morgan fingerprint density at radius 2 is 1.56 bits per heavy atom. The van der Waals surface area contributed by atoms with Crippen LogP contribution in [0.4, 0.5) is 0 Å². The topological polar surface area (TPSA) is 70.8 Å². The Morgan fingerprint density at radius 1 is 1.12 bits per heavy atom. The molecule has 0 rings (SSSR count). The monoisotopic (exact) mass is 249 g/mol. The molecule has 0 radical (unpaired) electrons. The molecule has 0 aromatic rings. The fraction of sp³-hybridized carbons (Fsp3) is 0.900. The van der Waals surface area contributed by atoms with Crippen LogP contribution < -0.4 is 5.73 Å². The van der Waals surface area contributed by atoms with Crippen molar-refractivity contribution < 1.29 is 18.1 Å². The first-order valence-corrected chi connectivity index (χ1v) is 7.70. The molecule has 1 atom stereocenters. The maximum absolute atomic E-state index is 10.5. The molecule has 96 valence electrons. The smallest absolute Gasteiger partial charge is 0.374 e. The van der Waals surface area contributed by atoms with Crippen LogP contribution in [0.15, 0.2) is 0 Å². The number of aldehydes is 1. The molecule has 0 amide bonds. The van der Waals surface area contributed by atoms with Crippen LogP contribution in [0.2, 0.25) is 6.04 Å². The second-order valence-corrected chi connectivity index (χ2v) is 6.05. The Hall–Kier alpha value is -0.273. The molecule has 0 saturated heterocycles. The van der Waals surface area contributed by atoms with Gasteiger partial charge in [-0.1, -0.05) is 0 Å². The minimum atomic E-state index is -2.61. The Bertz CT molecular complexity index is 175. The zero-order valence-corrected chi connectivity index (χ0v) is 11.4. The van der Waals surface area contributed by atoms with Crippen LogP contribution in [0.3, 0.4) is 0 Å². The van der Waals surface area contributed by atoms with Gasteiger partial charge in [-0.25, -0.2) is 0 Å². The van der Waals surface area contributed by atoms with E-state index < -0.39 is 14.8 Å². The third-order valence-electron chi connectivity index (χ3n) is 2.05. The third-order valence-corrected chi connectivity index (χ3v) is 5.14. The van der Waals surface area contributed by atoms with Crippen LogP contribution in [0.1, 0.15) is 27.2 Å². The van der Waals surface area contributed by atoms with Crippen molar-refractivity contribution in [3.63, 3.8) is 0 Å². The number of rotatable bonds is 10. The van der Waals surface area contributed by atoms with Gasteiger partial charge in [0.2, 0.25) is 0 Å². The van der Waals surface area contributed by atoms with E-state index in [1.807, 2.05) is 20.8 Å². The summed E-state index contributed by atoms with van der Waals surface area (Å²) < 4.78 is 16.9. The summed E-state index contributed by atoms with van der Waals surface area (Å²) in [6.07, 6.45) is 1.28. The van der Waals surface area contributed by atoms with E-state index in [2.05, 4.69) is 0 Å². The van der Waals surface area contributed by atoms with Gasteiger partial charge in [-0.2, -0.15) is 0 Å². The van der Waals surface area contributed by atoms with Crippen molar-refractivity contribution in [3.05, 3.63) is 0 Å². The van der Waals surface area contributed by atoms with Gasteiger partial charge in [0.05, 0.1) is 6.04 Å². The molecule has 2 N–H and O–H groups in total. The van der Waals surface area contributed by atoms with Crippen LogP contribution in [0.25, 0.3) is 0 Å². The number of carbonyl (C=O) groups excluding carboxylic acids is 1. The lowest BCUT2D eigenvalue weighted by molar-refractivity contribution is -0.108. The highest BCUT2D eigenvalue weighted by atomic mass is 28.4. The van der Waals surface area contributed by atoms with Gasteiger partial charge in [0, 0.05) is 25.9 Å². The fourth-order valence-corrected chi connectivity index (χ4v) is 4.10. The average molecular weight is 249 g/mol. The zero-order chi connectivity index (χ0) is 12.4. The molecule has 0 aliphatic rings. The van der Waals surface area contributed by atoms with E-state index in [0.717, 1.165) is 6.29 Å². The van der Waals surface area contributed by atoms with E-state index in [9.17, 15) is 4.79 Å². The van der Waals surface area contributed by atoms with Crippen molar-refractivity contribution in [3.8, 4) is 0 Å². The SMILES string of the molecule is CCO[Si](CCC(N)C=O)(OCC)OCC. The first-order chi connectivity index (χ1) is 7.64. The molecule has 16 heavy (non-hydrogen) atoms. The summed E-state index contributed by atoms with van der Waals surface area (Å²) in [5.41, 5.74) is 5.56. The molecular weight excluding hydrogens is 226 g/mol. The lowest BCUT2D eigenvalue weighted by Crippen LogP contribution is -2.47. The first-order valence-electron chi connectivity index (χ1n) is 5.76. The van der Waals surface area contributed by atoms with Gasteiger partial charge in [0.15, 0.2) is 0 Å². The van der Waals surface area contributed by atoms with E-state index >= 15 is 0 Å². The highest BCUT2D eigenvalue weighted by Gasteiger charge is 2.40. The fourth-order valence-electron chi connectivity index (χ4n) is 1.41. The number of hydrogen-bond donors (Lipinski definition) is 1. The number of nitrogens with two attached hydrogens (primary N) is 1. The Morgan fingerprint density at radius 3 is 1.88 bits per heavy atom. The molecule has 0 spiro atoms. The molecule has 6 heteroatoms. The first kappa shape index (κ1) is 15.7. The summed E-state index contributed by atoms with van der Waals surface area (Å²) in [5.74, 6) is 0. The second-order valence-electron chi connectivity index (χ2n) is 3.32. The molecule has 0 aliphatic carbocycles. The second kappa shape index (κ2) is 8.83. The predicted molar refractivity (Wildman–Crippen MR) is 64.1 cm³/mol. The van der Waals surface area contributed by atoms with Gasteiger partial charge >= 0.3 is 8.80 Å². The van der Waals surface area contributed by atoms with E-state index in [0.29, 0.717) is 32.3 Å². The van der Waals surface area contributed by atoms with Crippen LogP contribution >= 0.6 is 0 Å². The molecule has 5 nitrogen and oxygen atoms in total. The largest absolute Gasteiger partial charge is 0.500 e. The van der Waals surface area contributed by atoms with Crippen molar-refractivity contribution in [1.29, 1.82) is 0 Å². The van der Waals surface area contributed by atoms with Gasteiger partial charge in [-0.05, 0) is 27.2 Å². The van der Waals surface area contributed by atoms with Gasteiger partial charge in [-0.15, -0.1) is 0 Å². The molecule has 0 aliphatic heterocycles. The summed E-state index contributed by atoms with van der Waals surface area (Å²) in [6, 6.07) is 0.121. The van der Waals surface area contributed by atoms with E-state index in [1.165, 1.54) is 0 Å². The van der Waals surface area contributed by atoms with Crippen molar-refractivity contribution in [2.75, 3.05) is 19.8 Å². The standard InChI is InChI=1S/C10H23NO4Si/c1-4-13-16(14-5-2,15-6-3)8-7-10(11)9-12/h9-10H,4-8,11H2,1-3H3. The molecule has 0 saturated carbocycles. The highest BCUT2D eigenvalue weighted by molar-refractivity contribution is 6.60. The molecule has 0 aromatic carbocycles. The maximum atomic E-state index is 10.5.